The molecule has 0 bridgehead atoms. The molecule has 14 heteroatoms. The Morgan fingerprint density at radius 2 is 1.90 bits per heavy atom. The number of aromatic nitrogens is 2. The van der Waals surface area contributed by atoms with Crippen LogP contribution in [0.25, 0.3) is 10.8 Å². The van der Waals surface area contributed by atoms with Crippen molar-refractivity contribution in [1.82, 2.24) is 19.6 Å². The summed E-state index contributed by atoms with van der Waals surface area (Å²) in [4.78, 5) is 37.5. The normalized spacial score (nSPS) is 18.1. The third-order valence-electron chi connectivity index (χ3n) is 7.25. The number of nitrogen functional groups attached to an aromatic ring is 1. The van der Waals surface area contributed by atoms with E-state index in [-0.39, 0.29) is 53.5 Å². The predicted octanol–water partition coefficient (Wildman–Crippen LogP) is 2.04. The lowest BCUT2D eigenvalue weighted by atomic mass is 10.0. The van der Waals surface area contributed by atoms with Crippen molar-refractivity contribution in [3.63, 3.8) is 0 Å². The Balaban J connectivity index is 0.00000370. The number of hydrogen-bond acceptors (Lipinski definition) is 9. The van der Waals surface area contributed by atoms with E-state index in [2.05, 4.69) is 19.6 Å². The Kier molecular flexibility index (Phi) is 8.76. The molecule has 0 aliphatic carbocycles. The van der Waals surface area contributed by atoms with E-state index >= 15 is 4.39 Å². The molecule has 40 heavy (non-hydrogen) atoms. The van der Waals surface area contributed by atoms with Crippen LogP contribution in [0.3, 0.4) is 0 Å². The molecule has 2 fully saturated rings. The monoisotopic (exact) mass is 592 g/mol. The highest BCUT2D eigenvalue weighted by atomic mass is 35.5. The predicted molar refractivity (Wildman–Crippen MR) is 149 cm³/mol. The number of anilines is 2. The van der Waals surface area contributed by atoms with E-state index in [4.69, 9.17) is 10.5 Å². The summed E-state index contributed by atoms with van der Waals surface area (Å²) in [6.45, 7) is 1.84. The van der Waals surface area contributed by atoms with Crippen LogP contribution in [0, 0.1) is 5.82 Å². The highest BCUT2D eigenvalue weighted by Crippen LogP contribution is 2.27. The molecular formula is C26H30ClFN6O5S. The third kappa shape index (κ3) is 5.67. The van der Waals surface area contributed by atoms with E-state index in [1.807, 2.05) is 0 Å². The zero-order chi connectivity index (χ0) is 27.7. The molecule has 2 aliphatic rings. The number of benzene rings is 1. The highest BCUT2D eigenvalue weighted by Gasteiger charge is 2.41. The molecule has 2 aliphatic heterocycles. The molecule has 5 rings (SSSR count). The second-order valence-corrected chi connectivity index (χ2v) is 11.3. The second kappa shape index (κ2) is 11.9. The number of methoxy groups -OCH3 is 1. The van der Waals surface area contributed by atoms with Gasteiger partial charge in [-0.15, -0.1) is 12.4 Å². The number of esters is 1. The minimum absolute atomic E-state index is 0. The van der Waals surface area contributed by atoms with E-state index in [1.54, 1.807) is 12.1 Å². The van der Waals surface area contributed by atoms with Gasteiger partial charge in [-0.2, -0.15) is 4.72 Å². The SMILES string of the molecule is COC(=O)[C@@H](Cc1ccc2c(N)nccc2c1F)N1CC[C@H](NS(=O)(=O)c2ccc(N3CCCC3)nc2)C1=O.Cl. The number of sulfonamides is 1. The molecule has 2 saturated heterocycles. The van der Waals surface area contributed by atoms with Gasteiger partial charge in [0.15, 0.2) is 0 Å². The van der Waals surface area contributed by atoms with Crippen molar-refractivity contribution in [1.29, 1.82) is 0 Å². The van der Waals surface area contributed by atoms with Gasteiger partial charge in [-0.25, -0.2) is 27.6 Å². The Morgan fingerprint density at radius 1 is 1.15 bits per heavy atom. The van der Waals surface area contributed by atoms with Gasteiger partial charge in [0.1, 0.15) is 34.4 Å². The van der Waals surface area contributed by atoms with Crippen molar-refractivity contribution in [2.75, 3.05) is 37.4 Å². The van der Waals surface area contributed by atoms with Gasteiger partial charge in [0.25, 0.3) is 0 Å². The number of nitrogens with one attached hydrogen (secondary N) is 1. The van der Waals surface area contributed by atoms with Gasteiger partial charge in [0, 0.05) is 49.2 Å². The van der Waals surface area contributed by atoms with Gasteiger partial charge < -0.3 is 20.3 Å². The molecule has 3 N–H and O–H groups in total. The largest absolute Gasteiger partial charge is 0.467 e. The number of hydrogen-bond donors (Lipinski definition) is 2. The fourth-order valence-electron chi connectivity index (χ4n) is 5.15. The molecule has 2 atom stereocenters. The standard InChI is InChI=1S/C26H29FN6O5S.ClH/c1-38-26(35)21(14-16-4-6-19-18(23(16)27)8-10-29-24(19)28)33-13-9-20(25(33)34)31-39(36,37)17-5-7-22(30-15-17)32-11-2-3-12-32;/h4-8,10,15,20-21,31H,2-3,9,11-14H2,1H3,(H2,28,29);1H/t20-,21+;/m0./s1. The lowest BCUT2D eigenvalue weighted by molar-refractivity contribution is -0.151. The van der Waals surface area contributed by atoms with Gasteiger partial charge in [0.05, 0.1) is 7.11 Å². The van der Waals surface area contributed by atoms with E-state index in [0.29, 0.717) is 11.2 Å². The maximum Gasteiger partial charge on any atom is 0.328 e. The summed E-state index contributed by atoms with van der Waals surface area (Å²) >= 11 is 0. The molecule has 2 aromatic heterocycles. The van der Waals surface area contributed by atoms with Crippen molar-refractivity contribution in [3.8, 4) is 0 Å². The van der Waals surface area contributed by atoms with Crippen LogP contribution in [-0.4, -0.2) is 74.0 Å². The summed E-state index contributed by atoms with van der Waals surface area (Å²) in [7, 11) is -2.88. The number of fused-ring (bicyclic) bond motifs is 1. The van der Waals surface area contributed by atoms with Crippen LogP contribution in [0.2, 0.25) is 0 Å². The highest BCUT2D eigenvalue weighted by molar-refractivity contribution is 7.89. The van der Waals surface area contributed by atoms with Gasteiger partial charge >= 0.3 is 5.97 Å². The van der Waals surface area contributed by atoms with E-state index in [0.717, 1.165) is 25.9 Å². The second-order valence-electron chi connectivity index (χ2n) is 9.61. The van der Waals surface area contributed by atoms with Crippen molar-refractivity contribution >= 4 is 56.7 Å². The number of carbonyl (C=O) groups is 2. The van der Waals surface area contributed by atoms with Crippen LogP contribution in [0.15, 0.2) is 47.6 Å². The first-order valence-corrected chi connectivity index (χ1v) is 14.1. The number of rotatable bonds is 8. The lowest BCUT2D eigenvalue weighted by Gasteiger charge is -2.26. The Labute approximate surface area is 237 Å². The Morgan fingerprint density at radius 3 is 2.58 bits per heavy atom. The van der Waals surface area contributed by atoms with Gasteiger partial charge in [-0.05, 0) is 43.0 Å². The molecule has 3 aromatic rings. The third-order valence-corrected chi connectivity index (χ3v) is 8.71. The van der Waals surface area contributed by atoms with E-state index in [1.165, 1.54) is 42.6 Å². The number of halogens is 2. The van der Waals surface area contributed by atoms with Crippen LogP contribution < -0.4 is 15.4 Å². The summed E-state index contributed by atoms with van der Waals surface area (Å²) < 4.78 is 48.7. The quantitative estimate of drug-likeness (QED) is 0.375. The summed E-state index contributed by atoms with van der Waals surface area (Å²) in [6, 6.07) is 5.45. The number of nitrogens with zero attached hydrogens (tertiary/aromatic N) is 4. The number of ether oxygens (including phenoxy) is 1. The topological polar surface area (TPSA) is 148 Å². The molecule has 4 heterocycles. The molecule has 11 nitrogen and oxygen atoms in total. The van der Waals surface area contributed by atoms with Gasteiger partial charge in [-0.3, -0.25) is 4.79 Å². The van der Waals surface area contributed by atoms with Crippen molar-refractivity contribution in [3.05, 3.63) is 54.1 Å². The first kappa shape index (κ1) is 29.4. The molecule has 1 amide bonds. The number of likely N-dealkylation sites (tertiary alicyclic amines) is 1. The summed E-state index contributed by atoms with van der Waals surface area (Å²) in [5.41, 5.74) is 6.03. The maximum absolute atomic E-state index is 15.3. The molecule has 0 saturated carbocycles. The maximum atomic E-state index is 15.3. The van der Waals surface area contributed by atoms with Crippen LogP contribution in [0.5, 0.6) is 0 Å². The summed E-state index contributed by atoms with van der Waals surface area (Å²) in [6.07, 6.45) is 4.76. The van der Waals surface area contributed by atoms with Crippen molar-refractivity contribution < 1.29 is 27.1 Å². The molecular weight excluding hydrogens is 563 g/mol. The first-order chi connectivity index (χ1) is 18.7. The molecule has 0 radical (unpaired) electrons. The number of carbonyl (C=O) groups excluding carboxylic acids is 2. The lowest BCUT2D eigenvalue weighted by Crippen LogP contribution is -2.48. The van der Waals surface area contributed by atoms with Crippen molar-refractivity contribution in [2.45, 2.75) is 42.7 Å². The zero-order valence-corrected chi connectivity index (χ0v) is 23.4. The molecule has 0 unspecified atom stereocenters. The minimum Gasteiger partial charge on any atom is -0.467 e. The number of pyridine rings is 2. The van der Waals surface area contributed by atoms with E-state index < -0.39 is 39.8 Å². The average Bonchev–Trinajstić information content (AvgIpc) is 3.59. The minimum atomic E-state index is -4.06. The molecule has 0 spiro atoms. The van der Waals surface area contributed by atoms with Crippen molar-refractivity contribution in [2.24, 2.45) is 0 Å². The Bertz CT molecular complexity index is 1520. The van der Waals surface area contributed by atoms with Crippen LogP contribution in [0.4, 0.5) is 16.0 Å². The average molecular weight is 593 g/mol. The fourth-order valence-corrected chi connectivity index (χ4v) is 6.32. The molecule has 214 valence electrons. The van der Waals surface area contributed by atoms with Crippen LogP contribution >= 0.6 is 12.4 Å². The first-order valence-electron chi connectivity index (χ1n) is 12.6. The molecule has 1 aromatic carbocycles. The number of amides is 1. The van der Waals surface area contributed by atoms with Crippen LogP contribution in [0.1, 0.15) is 24.8 Å². The zero-order valence-electron chi connectivity index (χ0n) is 21.7. The Hall–Kier alpha value is -3.55. The summed E-state index contributed by atoms with van der Waals surface area (Å²) in [5.74, 6) is -1.03. The summed E-state index contributed by atoms with van der Waals surface area (Å²) in [5, 5.41) is 0.675. The van der Waals surface area contributed by atoms with E-state index in [9.17, 15) is 18.0 Å². The van der Waals surface area contributed by atoms with Gasteiger partial charge in [-0.1, -0.05) is 12.1 Å². The number of nitrogens with two attached hydrogens (primary N) is 1. The smallest absolute Gasteiger partial charge is 0.328 e. The fraction of sp³-hybridized carbons (Fsp3) is 0.385. The van der Waals surface area contributed by atoms with Crippen LogP contribution in [-0.2, 0) is 30.8 Å². The van der Waals surface area contributed by atoms with Gasteiger partial charge in [0.2, 0.25) is 15.9 Å².